The molecule has 0 fully saturated rings. The molecular weight excluding hydrogens is 326 g/mol. The Morgan fingerprint density at radius 3 is 2.48 bits per heavy atom. The van der Waals surface area contributed by atoms with Gasteiger partial charge in [-0.15, -0.1) is 0 Å². The van der Waals surface area contributed by atoms with E-state index in [0.29, 0.717) is 0 Å². The molecule has 0 aliphatic rings. The lowest BCUT2D eigenvalue weighted by Crippen LogP contribution is -2.38. The molecule has 8 nitrogen and oxygen atoms in total. The molecule has 134 valence electrons. The lowest BCUT2D eigenvalue weighted by Gasteiger charge is -2.18. The van der Waals surface area contributed by atoms with Gasteiger partial charge in [0.15, 0.2) is 5.69 Å². The van der Waals surface area contributed by atoms with E-state index in [2.05, 4.69) is 5.10 Å². The highest BCUT2D eigenvalue weighted by Crippen LogP contribution is 2.17. The van der Waals surface area contributed by atoms with E-state index >= 15 is 0 Å². The molecule has 25 heavy (non-hydrogen) atoms. The normalized spacial score (nSPS) is 10.5. The van der Waals surface area contributed by atoms with E-state index in [1.54, 1.807) is 30.0 Å². The Balaban J connectivity index is 2.26. The number of aryl methyl sites for hydroxylation is 1. The highest BCUT2D eigenvalue weighted by Gasteiger charge is 2.22. The average Bonchev–Trinajstić information content (AvgIpc) is 2.99. The zero-order valence-electron chi connectivity index (χ0n) is 14.4. The summed E-state index contributed by atoms with van der Waals surface area (Å²) >= 11 is 0. The molecule has 0 spiro atoms. The summed E-state index contributed by atoms with van der Waals surface area (Å²) in [5, 5.41) is 13.3. The Labute approximate surface area is 145 Å². The second kappa shape index (κ2) is 8.29. The van der Waals surface area contributed by atoms with Gasteiger partial charge in [-0.1, -0.05) is 0 Å². The number of nitrogens with zero attached hydrogens (tertiary/aromatic N) is 3. The van der Waals surface area contributed by atoms with Gasteiger partial charge in [-0.25, -0.2) is 4.68 Å². The van der Waals surface area contributed by atoms with Crippen molar-refractivity contribution >= 4 is 11.9 Å². The molecular formula is C17H21N3O5. The topological polar surface area (TPSA) is 93.9 Å². The summed E-state index contributed by atoms with van der Waals surface area (Å²) in [6.07, 6.45) is 0. The summed E-state index contributed by atoms with van der Waals surface area (Å²) in [5.41, 5.74) is 1.72. The van der Waals surface area contributed by atoms with E-state index < -0.39 is 18.4 Å². The van der Waals surface area contributed by atoms with Crippen LogP contribution >= 0.6 is 0 Å². The maximum atomic E-state index is 12.6. The van der Waals surface area contributed by atoms with Crippen LogP contribution in [0.25, 0.3) is 5.69 Å². The van der Waals surface area contributed by atoms with Crippen molar-refractivity contribution < 1.29 is 24.2 Å². The van der Waals surface area contributed by atoms with Crippen molar-refractivity contribution in [2.75, 3.05) is 33.9 Å². The number of carboxylic acid groups (broad SMARTS) is 1. The lowest BCUT2D eigenvalue weighted by molar-refractivity contribution is -0.137. The van der Waals surface area contributed by atoms with Crippen LogP contribution in [0.5, 0.6) is 5.75 Å². The SMILES string of the molecule is COCCN(CC(=O)O)C(=O)c1cc(C)n(-c2ccc(OC)cc2)n1. The van der Waals surface area contributed by atoms with Crippen LogP contribution in [0.1, 0.15) is 16.2 Å². The molecule has 1 amide bonds. The van der Waals surface area contributed by atoms with E-state index in [-0.39, 0.29) is 18.8 Å². The standard InChI is InChI=1S/C17H21N3O5/c1-12-10-15(17(23)19(8-9-24-2)11-16(21)22)18-20(12)13-4-6-14(25-3)7-5-13/h4-7,10H,8-9,11H2,1-3H3,(H,21,22). The highest BCUT2D eigenvalue weighted by atomic mass is 16.5. The number of carbonyl (C=O) groups excluding carboxylic acids is 1. The van der Waals surface area contributed by atoms with Gasteiger partial charge in [0.2, 0.25) is 0 Å². The molecule has 0 unspecified atom stereocenters. The molecule has 0 saturated heterocycles. The molecule has 2 rings (SSSR count). The van der Waals surface area contributed by atoms with E-state index in [4.69, 9.17) is 14.6 Å². The third kappa shape index (κ3) is 4.57. The summed E-state index contributed by atoms with van der Waals surface area (Å²) in [6, 6.07) is 8.88. The largest absolute Gasteiger partial charge is 0.497 e. The van der Waals surface area contributed by atoms with Crippen LogP contribution in [0.3, 0.4) is 0 Å². The van der Waals surface area contributed by atoms with E-state index in [0.717, 1.165) is 17.1 Å². The van der Waals surface area contributed by atoms with Gasteiger partial charge in [-0.2, -0.15) is 5.10 Å². The minimum atomic E-state index is -1.09. The van der Waals surface area contributed by atoms with Crippen molar-refractivity contribution in [1.82, 2.24) is 14.7 Å². The van der Waals surface area contributed by atoms with Crippen molar-refractivity contribution in [2.24, 2.45) is 0 Å². The number of aromatic nitrogens is 2. The monoisotopic (exact) mass is 347 g/mol. The van der Waals surface area contributed by atoms with E-state index in [1.807, 2.05) is 19.1 Å². The first-order chi connectivity index (χ1) is 12.0. The summed E-state index contributed by atoms with van der Waals surface area (Å²) in [5.74, 6) is -0.817. The number of aliphatic carboxylic acids is 1. The van der Waals surface area contributed by atoms with Crippen LogP contribution in [0.2, 0.25) is 0 Å². The zero-order valence-corrected chi connectivity index (χ0v) is 14.4. The fourth-order valence-electron chi connectivity index (χ4n) is 2.34. The number of amides is 1. The number of benzene rings is 1. The van der Waals surface area contributed by atoms with Crippen LogP contribution in [-0.4, -0.2) is 65.6 Å². The maximum absolute atomic E-state index is 12.6. The van der Waals surface area contributed by atoms with Crippen molar-refractivity contribution in [2.45, 2.75) is 6.92 Å². The molecule has 1 N–H and O–H groups in total. The summed E-state index contributed by atoms with van der Waals surface area (Å²) in [6.45, 7) is 1.84. The van der Waals surface area contributed by atoms with Crippen molar-refractivity contribution in [1.29, 1.82) is 0 Å². The molecule has 8 heteroatoms. The van der Waals surface area contributed by atoms with Gasteiger partial charge in [-0.05, 0) is 37.3 Å². The molecule has 0 atom stereocenters. The third-order valence-corrected chi connectivity index (χ3v) is 3.60. The Hall–Kier alpha value is -2.87. The Morgan fingerprint density at radius 1 is 1.24 bits per heavy atom. The molecule has 1 heterocycles. The first kappa shape index (κ1) is 18.5. The van der Waals surface area contributed by atoms with Crippen LogP contribution in [0.4, 0.5) is 0 Å². The van der Waals surface area contributed by atoms with Crippen LogP contribution < -0.4 is 4.74 Å². The molecule has 0 saturated carbocycles. The Morgan fingerprint density at radius 2 is 1.92 bits per heavy atom. The van der Waals surface area contributed by atoms with Crippen LogP contribution in [0, 0.1) is 6.92 Å². The van der Waals surface area contributed by atoms with Gasteiger partial charge in [-0.3, -0.25) is 9.59 Å². The number of carbonyl (C=O) groups is 2. The quantitative estimate of drug-likeness (QED) is 0.775. The molecule has 1 aromatic carbocycles. The Bertz CT molecular complexity index is 739. The summed E-state index contributed by atoms with van der Waals surface area (Å²) in [7, 11) is 3.08. The molecule has 1 aromatic heterocycles. The van der Waals surface area contributed by atoms with Crippen LogP contribution in [0.15, 0.2) is 30.3 Å². The number of carboxylic acids is 1. The average molecular weight is 347 g/mol. The number of hydrogen-bond donors (Lipinski definition) is 1. The molecule has 0 radical (unpaired) electrons. The van der Waals surface area contributed by atoms with Crippen molar-refractivity contribution in [3.8, 4) is 11.4 Å². The second-order valence-corrected chi connectivity index (χ2v) is 5.39. The molecule has 0 bridgehead atoms. The number of ether oxygens (including phenoxy) is 2. The molecule has 0 aliphatic heterocycles. The van der Waals surface area contributed by atoms with Gasteiger partial charge in [0.25, 0.3) is 5.91 Å². The lowest BCUT2D eigenvalue weighted by atomic mass is 10.3. The van der Waals surface area contributed by atoms with Gasteiger partial charge in [0, 0.05) is 19.3 Å². The maximum Gasteiger partial charge on any atom is 0.323 e. The van der Waals surface area contributed by atoms with Crippen molar-refractivity contribution in [3.63, 3.8) is 0 Å². The van der Waals surface area contributed by atoms with Gasteiger partial charge in [0.05, 0.1) is 19.4 Å². The van der Waals surface area contributed by atoms with Crippen molar-refractivity contribution in [3.05, 3.63) is 41.7 Å². The second-order valence-electron chi connectivity index (χ2n) is 5.39. The number of hydrogen-bond acceptors (Lipinski definition) is 5. The number of methoxy groups -OCH3 is 2. The predicted molar refractivity (Wildman–Crippen MR) is 90.3 cm³/mol. The third-order valence-electron chi connectivity index (χ3n) is 3.60. The molecule has 2 aromatic rings. The highest BCUT2D eigenvalue weighted by molar-refractivity contribution is 5.94. The molecule has 0 aliphatic carbocycles. The first-order valence-electron chi connectivity index (χ1n) is 7.67. The summed E-state index contributed by atoms with van der Waals surface area (Å²) in [4.78, 5) is 24.8. The van der Waals surface area contributed by atoms with Gasteiger partial charge in [0.1, 0.15) is 12.3 Å². The summed E-state index contributed by atoms with van der Waals surface area (Å²) < 4.78 is 11.7. The smallest absolute Gasteiger partial charge is 0.323 e. The minimum Gasteiger partial charge on any atom is -0.497 e. The fourth-order valence-corrected chi connectivity index (χ4v) is 2.34. The Kier molecular flexibility index (Phi) is 6.13. The first-order valence-corrected chi connectivity index (χ1v) is 7.67. The van der Waals surface area contributed by atoms with Gasteiger partial charge >= 0.3 is 5.97 Å². The number of rotatable bonds is 8. The predicted octanol–water partition coefficient (Wildman–Crippen LogP) is 1.36. The van der Waals surface area contributed by atoms with E-state index in [1.165, 1.54) is 12.0 Å². The van der Waals surface area contributed by atoms with Crippen LogP contribution in [-0.2, 0) is 9.53 Å². The van der Waals surface area contributed by atoms with E-state index in [9.17, 15) is 9.59 Å². The minimum absolute atomic E-state index is 0.177. The zero-order chi connectivity index (χ0) is 18.4. The fraction of sp³-hybridized carbons (Fsp3) is 0.353. The van der Waals surface area contributed by atoms with Gasteiger partial charge < -0.3 is 19.5 Å².